The largest absolute Gasteiger partial charge is 0.449 e. The van der Waals surface area contributed by atoms with Gasteiger partial charge in [-0.3, -0.25) is 9.59 Å². The topological polar surface area (TPSA) is 111 Å². The number of primary amides is 1. The molecule has 110 valence electrons. The number of hydrogen-bond donors (Lipinski definition) is 3. The number of nitrogens with one attached hydrogen (secondary N) is 2. The van der Waals surface area contributed by atoms with E-state index >= 15 is 0 Å². The van der Waals surface area contributed by atoms with Crippen molar-refractivity contribution in [3.63, 3.8) is 0 Å². The van der Waals surface area contributed by atoms with Crippen LogP contribution in [-0.4, -0.2) is 37.6 Å². The molecule has 0 rings (SSSR count). The quantitative estimate of drug-likeness (QED) is 0.573. The van der Waals surface area contributed by atoms with Crippen LogP contribution in [0.4, 0.5) is 4.79 Å². The molecule has 0 aromatic carbocycles. The Morgan fingerprint density at radius 3 is 2.32 bits per heavy atom. The summed E-state index contributed by atoms with van der Waals surface area (Å²) in [6.07, 6.45) is 0.189. The van der Waals surface area contributed by atoms with Gasteiger partial charge in [-0.15, -0.1) is 0 Å². The van der Waals surface area contributed by atoms with Crippen LogP contribution in [0.5, 0.6) is 0 Å². The molecule has 0 fully saturated rings. The molecular formula is C12H23N3O4. The van der Waals surface area contributed by atoms with Crippen molar-refractivity contribution in [2.75, 3.05) is 19.7 Å². The standard InChI is InChI=1S/C12H23N3O4/c1-12(2,3)8-19-11(18)14-6-4-5-10(17)15-7-9(13)16/h4-8H2,1-3H3,(H2,13,16)(H,14,18)(H,15,17). The third-order valence-electron chi connectivity index (χ3n) is 1.95. The highest BCUT2D eigenvalue weighted by atomic mass is 16.5. The van der Waals surface area contributed by atoms with E-state index in [-0.39, 0.29) is 24.3 Å². The lowest BCUT2D eigenvalue weighted by atomic mass is 9.99. The lowest BCUT2D eigenvalue weighted by molar-refractivity contribution is -0.124. The summed E-state index contributed by atoms with van der Waals surface area (Å²) in [5, 5.41) is 4.90. The molecule has 0 saturated carbocycles. The Labute approximate surface area is 113 Å². The van der Waals surface area contributed by atoms with Crippen LogP contribution in [0.1, 0.15) is 33.6 Å². The number of amides is 3. The van der Waals surface area contributed by atoms with Gasteiger partial charge in [-0.2, -0.15) is 0 Å². The first-order valence-corrected chi connectivity index (χ1v) is 6.16. The molecule has 0 bridgehead atoms. The van der Waals surface area contributed by atoms with Gasteiger partial charge in [0.25, 0.3) is 0 Å². The third-order valence-corrected chi connectivity index (χ3v) is 1.95. The Morgan fingerprint density at radius 1 is 1.16 bits per heavy atom. The van der Waals surface area contributed by atoms with Crippen molar-refractivity contribution in [3.05, 3.63) is 0 Å². The van der Waals surface area contributed by atoms with Gasteiger partial charge in [0.2, 0.25) is 11.8 Å². The summed E-state index contributed by atoms with van der Waals surface area (Å²) in [6, 6.07) is 0. The minimum atomic E-state index is -0.586. The van der Waals surface area contributed by atoms with Crippen LogP contribution in [0.2, 0.25) is 0 Å². The van der Waals surface area contributed by atoms with E-state index < -0.39 is 12.0 Å². The fraction of sp³-hybridized carbons (Fsp3) is 0.750. The zero-order valence-electron chi connectivity index (χ0n) is 11.7. The van der Waals surface area contributed by atoms with E-state index in [4.69, 9.17) is 10.5 Å². The van der Waals surface area contributed by atoms with Gasteiger partial charge in [-0.25, -0.2) is 4.79 Å². The second kappa shape index (κ2) is 8.34. The van der Waals surface area contributed by atoms with Crippen LogP contribution in [-0.2, 0) is 14.3 Å². The Bertz CT molecular complexity index is 323. The Hall–Kier alpha value is -1.79. The lowest BCUT2D eigenvalue weighted by Crippen LogP contribution is -2.34. The molecular weight excluding hydrogens is 250 g/mol. The summed E-state index contributed by atoms with van der Waals surface area (Å²) < 4.78 is 4.98. The predicted octanol–water partition coefficient (Wildman–Crippen LogP) is 0.140. The van der Waals surface area contributed by atoms with Crippen molar-refractivity contribution in [2.24, 2.45) is 11.1 Å². The number of nitrogens with two attached hydrogens (primary N) is 1. The summed E-state index contributed by atoms with van der Waals surface area (Å²) in [7, 11) is 0. The summed E-state index contributed by atoms with van der Waals surface area (Å²) in [6.45, 7) is 6.39. The van der Waals surface area contributed by atoms with E-state index in [1.807, 2.05) is 20.8 Å². The maximum Gasteiger partial charge on any atom is 0.407 e. The molecule has 0 aliphatic heterocycles. The molecule has 0 aliphatic rings. The van der Waals surface area contributed by atoms with Gasteiger partial charge in [0.05, 0.1) is 13.2 Å². The highest BCUT2D eigenvalue weighted by molar-refractivity contribution is 5.83. The molecule has 19 heavy (non-hydrogen) atoms. The van der Waals surface area contributed by atoms with Crippen molar-refractivity contribution < 1.29 is 19.1 Å². The van der Waals surface area contributed by atoms with Gasteiger partial charge < -0.3 is 21.1 Å². The first-order chi connectivity index (χ1) is 8.70. The zero-order chi connectivity index (χ0) is 14.9. The van der Waals surface area contributed by atoms with Crippen molar-refractivity contribution >= 4 is 17.9 Å². The number of carbonyl (C=O) groups excluding carboxylic acids is 3. The van der Waals surface area contributed by atoms with E-state index in [2.05, 4.69) is 10.6 Å². The van der Waals surface area contributed by atoms with Gasteiger partial charge in [-0.1, -0.05) is 20.8 Å². The van der Waals surface area contributed by atoms with Crippen LogP contribution in [0, 0.1) is 5.41 Å². The SMILES string of the molecule is CC(C)(C)COC(=O)NCCCC(=O)NCC(N)=O. The zero-order valence-corrected chi connectivity index (χ0v) is 11.7. The first kappa shape index (κ1) is 17.2. The molecule has 3 amide bonds. The Balaban J connectivity index is 3.55. The second-order valence-electron chi connectivity index (χ2n) is 5.41. The van der Waals surface area contributed by atoms with Gasteiger partial charge in [0.1, 0.15) is 0 Å². The first-order valence-electron chi connectivity index (χ1n) is 6.16. The Morgan fingerprint density at radius 2 is 1.79 bits per heavy atom. The van der Waals surface area contributed by atoms with Gasteiger partial charge in [0.15, 0.2) is 0 Å². The predicted molar refractivity (Wildman–Crippen MR) is 70.2 cm³/mol. The number of rotatable bonds is 7. The summed E-state index contributed by atoms with van der Waals surface area (Å²) in [5.74, 6) is -0.860. The molecule has 0 spiro atoms. The van der Waals surface area contributed by atoms with Crippen molar-refractivity contribution in [3.8, 4) is 0 Å². The second-order valence-corrected chi connectivity index (χ2v) is 5.41. The van der Waals surface area contributed by atoms with E-state index in [1.165, 1.54) is 0 Å². The van der Waals surface area contributed by atoms with E-state index in [0.29, 0.717) is 19.6 Å². The molecule has 0 heterocycles. The van der Waals surface area contributed by atoms with Crippen molar-refractivity contribution in [2.45, 2.75) is 33.6 Å². The average Bonchev–Trinajstić information content (AvgIpc) is 2.28. The van der Waals surface area contributed by atoms with Crippen LogP contribution in [0.15, 0.2) is 0 Å². The highest BCUT2D eigenvalue weighted by Crippen LogP contribution is 2.12. The van der Waals surface area contributed by atoms with Crippen LogP contribution in [0.3, 0.4) is 0 Å². The molecule has 0 unspecified atom stereocenters. The van der Waals surface area contributed by atoms with E-state index in [1.54, 1.807) is 0 Å². The fourth-order valence-electron chi connectivity index (χ4n) is 1.05. The molecule has 0 atom stereocenters. The molecule has 0 saturated heterocycles. The van der Waals surface area contributed by atoms with E-state index in [9.17, 15) is 14.4 Å². The monoisotopic (exact) mass is 273 g/mol. The molecule has 0 radical (unpaired) electrons. The van der Waals surface area contributed by atoms with Gasteiger partial charge in [0, 0.05) is 13.0 Å². The van der Waals surface area contributed by atoms with Crippen molar-refractivity contribution in [1.29, 1.82) is 0 Å². The number of hydrogen-bond acceptors (Lipinski definition) is 4. The highest BCUT2D eigenvalue weighted by Gasteiger charge is 2.13. The summed E-state index contributed by atoms with van der Waals surface area (Å²) >= 11 is 0. The third kappa shape index (κ3) is 12.5. The van der Waals surface area contributed by atoms with E-state index in [0.717, 1.165) is 0 Å². The summed E-state index contributed by atoms with van der Waals surface area (Å²) in [5.41, 5.74) is 4.80. The van der Waals surface area contributed by atoms with Gasteiger partial charge in [-0.05, 0) is 11.8 Å². The van der Waals surface area contributed by atoms with Crippen LogP contribution < -0.4 is 16.4 Å². The number of alkyl carbamates (subject to hydrolysis) is 1. The minimum Gasteiger partial charge on any atom is -0.449 e. The maximum absolute atomic E-state index is 11.3. The van der Waals surface area contributed by atoms with Gasteiger partial charge >= 0.3 is 6.09 Å². The molecule has 0 aliphatic carbocycles. The molecule has 0 aromatic heterocycles. The number of ether oxygens (including phenoxy) is 1. The number of carbonyl (C=O) groups is 3. The van der Waals surface area contributed by atoms with Crippen LogP contribution >= 0.6 is 0 Å². The average molecular weight is 273 g/mol. The maximum atomic E-state index is 11.3. The fourth-order valence-corrected chi connectivity index (χ4v) is 1.05. The Kier molecular flexibility index (Phi) is 7.55. The molecule has 7 heteroatoms. The molecule has 0 aromatic rings. The molecule has 4 N–H and O–H groups in total. The summed E-state index contributed by atoms with van der Waals surface area (Å²) in [4.78, 5) is 32.9. The van der Waals surface area contributed by atoms with Crippen molar-refractivity contribution in [1.82, 2.24) is 10.6 Å². The minimum absolute atomic E-state index is 0.0774. The van der Waals surface area contributed by atoms with Crippen LogP contribution in [0.25, 0.3) is 0 Å². The normalized spacial score (nSPS) is 10.7. The molecule has 7 nitrogen and oxygen atoms in total. The lowest BCUT2D eigenvalue weighted by Gasteiger charge is -2.17. The smallest absolute Gasteiger partial charge is 0.407 e.